The van der Waals surface area contributed by atoms with Crippen LogP contribution in [0.25, 0.3) is 0 Å². The highest BCUT2D eigenvalue weighted by Crippen LogP contribution is 2.16. The Morgan fingerprint density at radius 3 is 2.71 bits per heavy atom. The third-order valence-electron chi connectivity index (χ3n) is 2.97. The molecule has 0 aromatic carbocycles. The average molecular weight is 237 g/mol. The minimum atomic E-state index is 0.397. The van der Waals surface area contributed by atoms with Gasteiger partial charge in [-0.3, -0.25) is 0 Å². The molecule has 0 spiro atoms. The van der Waals surface area contributed by atoms with Gasteiger partial charge in [0, 0.05) is 12.1 Å². The van der Waals surface area contributed by atoms with Gasteiger partial charge in [0.2, 0.25) is 5.88 Å². The Hall–Kier alpha value is -1.32. The molecule has 1 aromatic rings. The Morgan fingerprint density at radius 1 is 1.29 bits per heavy atom. The lowest BCUT2D eigenvalue weighted by Crippen LogP contribution is -2.23. The van der Waals surface area contributed by atoms with Gasteiger partial charge in [-0.15, -0.1) is 0 Å². The molecule has 0 aliphatic heterocycles. The van der Waals surface area contributed by atoms with E-state index in [4.69, 9.17) is 4.74 Å². The van der Waals surface area contributed by atoms with Crippen molar-refractivity contribution in [3.63, 3.8) is 0 Å². The Labute approximate surface area is 104 Å². The van der Waals surface area contributed by atoms with E-state index in [0.29, 0.717) is 24.4 Å². The number of hydrogen-bond donors (Lipinski definition) is 1. The van der Waals surface area contributed by atoms with E-state index in [1.54, 1.807) is 0 Å². The highest BCUT2D eigenvalue weighted by atomic mass is 16.5. The van der Waals surface area contributed by atoms with Gasteiger partial charge >= 0.3 is 0 Å². The molecule has 0 aliphatic rings. The molecule has 0 fully saturated rings. The minimum Gasteiger partial charge on any atom is -0.478 e. The molecule has 1 rings (SSSR count). The second-order valence-electron chi connectivity index (χ2n) is 4.41. The smallest absolute Gasteiger partial charge is 0.218 e. The molecule has 96 valence electrons. The quantitative estimate of drug-likeness (QED) is 0.791. The first-order valence-electron chi connectivity index (χ1n) is 6.38. The Morgan fingerprint density at radius 2 is 2.06 bits per heavy atom. The fraction of sp³-hybridized carbons (Fsp3) is 0.692. The molecular formula is C13H23N3O. The van der Waals surface area contributed by atoms with E-state index in [1.807, 2.05) is 6.07 Å². The molecule has 17 heavy (non-hydrogen) atoms. The van der Waals surface area contributed by atoms with Crippen LogP contribution in [-0.2, 0) is 0 Å². The molecule has 0 amide bonds. The molecule has 1 heterocycles. The molecular weight excluding hydrogens is 214 g/mol. The number of rotatable bonds is 7. The van der Waals surface area contributed by atoms with Crippen LogP contribution in [-0.4, -0.2) is 22.6 Å². The number of nitrogens with one attached hydrogen (secondary N) is 1. The fourth-order valence-electron chi connectivity index (χ4n) is 1.43. The van der Waals surface area contributed by atoms with E-state index >= 15 is 0 Å². The molecule has 1 aromatic heterocycles. The van der Waals surface area contributed by atoms with Gasteiger partial charge in [0.05, 0.1) is 6.61 Å². The standard InChI is InChI=1S/C13H23N3O/c1-5-7-17-13-8-12(14-9-15-13)16-11(4)10(3)6-2/h8-11H,5-7H2,1-4H3,(H,14,15,16). The zero-order valence-corrected chi connectivity index (χ0v) is 11.2. The Kier molecular flexibility index (Phi) is 5.73. The second kappa shape index (κ2) is 7.09. The highest BCUT2D eigenvalue weighted by molar-refractivity contribution is 5.38. The molecule has 4 nitrogen and oxygen atoms in total. The predicted octanol–water partition coefficient (Wildman–Crippen LogP) is 3.11. The van der Waals surface area contributed by atoms with Crippen molar-refractivity contribution in [3.05, 3.63) is 12.4 Å². The third kappa shape index (κ3) is 4.59. The number of nitrogens with zero attached hydrogens (tertiary/aromatic N) is 2. The summed E-state index contributed by atoms with van der Waals surface area (Å²) in [4.78, 5) is 8.28. The lowest BCUT2D eigenvalue weighted by molar-refractivity contribution is 0.305. The molecule has 0 aliphatic carbocycles. The van der Waals surface area contributed by atoms with Gasteiger partial charge in [-0.25, -0.2) is 9.97 Å². The van der Waals surface area contributed by atoms with Gasteiger partial charge in [0.15, 0.2) is 0 Å². The van der Waals surface area contributed by atoms with Crippen molar-refractivity contribution in [2.75, 3.05) is 11.9 Å². The van der Waals surface area contributed by atoms with Gasteiger partial charge in [-0.1, -0.05) is 27.2 Å². The van der Waals surface area contributed by atoms with Crippen LogP contribution in [0.2, 0.25) is 0 Å². The molecule has 4 heteroatoms. The number of ether oxygens (including phenoxy) is 1. The van der Waals surface area contributed by atoms with E-state index in [0.717, 1.165) is 18.7 Å². The van der Waals surface area contributed by atoms with Gasteiger partial charge in [-0.05, 0) is 19.3 Å². The molecule has 0 saturated carbocycles. The van der Waals surface area contributed by atoms with Crippen molar-refractivity contribution in [1.82, 2.24) is 9.97 Å². The zero-order chi connectivity index (χ0) is 12.7. The first kappa shape index (κ1) is 13.7. The van der Waals surface area contributed by atoms with E-state index < -0.39 is 0 Å². The third-order valence-corrected chi connectivity index (χ3v) is 2.97. The maximum atomic E-state index is 5.47. The van der Waals surface area contributed by atoms with Gasteiger partial charge < -0.3 is 10.1 Å². The monoisotopic (exact) mass is 237 g/mol. The van der Waals surface area contributed by atoms with Crippen LogP contribution in [0.5, 0.6) is 5.88 Å². The van der Waals surface area contributed by atoms with E-state index in [9.17, 15) is 0 Å². The average Bonchev–Trinajstić information content (AvgIpc) is 2.35. The van der Waals surface area contributed by atoms with Crippen LogP contribution < -0.4 is 10.1 Å². The first-order valence-corrected chi connectivity index (χ1v) is 6.38. The number of hydrogen-bond acceptors (Lipinski definition) is 4. The Bertz CT molecular complexity index is 330. The molecule has 2 unspecified atom stereocenters. The maximum absolute atomic E-state index is 5.47. The summed E-state index contributed by atoms with van der Waals surface area (Å²) in [7, 11) is 0. The zero-order valence-electron chi connectivity index (χ0n) is 11.2. The summed E-state index contributed by atoms with van der Waals surface area (Å²) in [6, 6.07) is 2.25. The van der Waals surface area contributed by atoms with Crippen molar-refractivity contribution < 1.29 is 4.74 Å². The minimum absolute atomic E-state index is 0.397. The van der Waals surface area contributed by atoms with Gasteiger partial charge in [0.25, 0.3) is 0 Å². The summed E-state index contributed by atoms with van der Waals surface area (Å²) >= 11 is 0. The van der Waals surface area contributed by atoms with Crippen LogP contribution in [0, 0.1) is 5.92 Å². The van der Waals surface area contributed by atoms with E-state index in [-0.39, 0.29) is 0 Å². The molecule has 1 N–H and O–H groups in total. The summed E-state index contributed by atoms with van der Waals surface area (Å²) < 4.78 is 5.47. The van der Waals surface area contributed by atoms with E-state index in [1.165, 1.54) is 6.33 Å². The summed E-state index contributed by atoms with van der Waals surface area (Å²) in [5.74, 6) is 2.09. The maximum Gasteiger partial charge on any atom is 0.218 e. The summed E-state index contributed by atoms with van der Waals surface area (Å²) in [6.07, 6.45) is 3.67. The normalized spacial score (nSPS) is 14.1. The largest absolute Gasteiger partial charge is 0.478 e. The number of anilines is 1. The van der Waals surface area contributed by atoms with Crippen LogP contribution in [0.3, 0.4) is 0 Å². The topological polar surface area (TPSA) is 47.0 Å². The Balaban J connectivity index is 2.58. The van der Waals surface area contributed by atoms with Crippen molar-refractivity contribution in [3.8, 4) is 5.88 Å². The molecule has 2 atom stereocenters. The van der Waals surface area contributed by atoms with Crippen LogP contribution >= 0.6 is 0 Å². The van der Waals surface area contributed by atoms with Crippen LogP contribution in [0.1, 0.15) is 40.5 Å². The SMILES string of the molecule is CCCOc1cc(NC(C)C(C)CC)ncn1. The first-order chi connectivity index (χ1) is 8.17. The summed E-state index contributed by atoms with van der Waals surface area (Å²) in [5.41, 5.74) is 0. The molecule has 0 bridgehead atoms. The van der Waals surface area contributed by atoms with Crippen molar-refractivity contribution in [2.45, 2.75) is 46.6 Å². The predicted molar refractivity (Wildman–Crippen MR) is 70.4 cm³/mol. The van der Waals surface area contributed by atoms with Gasteiger partial charge in [-0.2, -0.15) is 0 Å². The van der Waals surface area contributed by atoms with Crippen molar-refractivity contribution in [1.29, 1.82) is 0 Å². The van der Waals surface area contributed by atoms with E-state index in [2.05, 4.69) is 43.0 Å². The summed E-state index contributed by atoms with van der Waals surface area (Å²) in [5, 5.41) is 3.38. The van der Waals surface area contributed by atoms with Gasteiger partial charge in [0.1, 0.15) is 12.1 Å². The van der Waals surface area contributed by atoms with Crippen molar-refractivity contribution in [2.24, 2.45) is 5.92 Å². The lowest BCUT2D eigenvalue weighted by atomic mass is 10.0. The van der Waals surface area contributed by atoms with Crippen LogP contribution in [0.4, 0.5) is 5.82 Å². The van der Waals surface area contributed by atoms with Crippen molar-refractivity contribution >= 4 is 5.82 Å². The fourth-order valence-corrected chi connectivity index (χ4v) is 1.43. The van der Waals surface area contributed by atoms with Crippen LogP contribution in [0.15, 0.2) is 12.4 Å². The summed E-state index contributed by atoms with van der Waals surface area (Å²) in [6.45, 7) is 9.36. The highest BCUT2D eigenvalue weighted by Gasteiger charge is 2.10. The number of aromatic nitrogens is 2. The second-order valence-corrected chi connectivity index (χ2v) is 4.41. The molecule has 0 radical (unpaired) electrons. The molecule has 0 saturated heterocycles. The lowest BCUT2D eigenvalue weighted by Gasteiger charge is -2.20.